The topological polar surface area (TPSA) is 43.8 Å². The SMILES string of the molecule is Cl.Cn1ccc(CCN)n1. The lowest BCUT2D eigenvalue weighted by atomic mass is 10.3. The van der Waals surface area contributed by atoms with Gasteiger partial charge in [0.1, 0.15) is 0 Å². The number of hydrogen-bond donors (Lipinski definition) is 1. The highest BCUT2D eigenvalue weighted by molar-refractivity contribution is 5.85. The monoisotopic (exact) mass is 161 g/mol. The molecule has 4 heteroatoms. The Labute approximate surface area is 66.6 Å². The molecule has 3 nitrogen and oxygen atoms in total. The minimum atomic E-state index is 0. The van der Waals surface area contributed by atoms with E-state index in [-0.39, 0.29) is 12.4 Å². The first-order chi connectivity index (χ1) is 4.33. The van der Waals surface area contributed by atoms with Gasteiger partial charge in [0.15, 0.2) is 0 Å². The van der Waals surface area contributed by atoms with Crippen molar-refractivity contribution in [2.75, 3.05) is 6.54 Å². The Morgan fingerprint density at radius 2 is 2.40 bits per heavy atom. The Morgan fingerprint density at radius 1 is 1.70 bits per heavy atom. The van der Waals surface area contributed by atoms with Gasteiger partial charge in [-0.2, -0.15) is 5.10 Å². The van der Waals surface area contributed by atoms with Crippen molar-refractivity contribution in [3.63, 3.8) is 0 Å². The van der Waals surface area contributed by atoms with Gasteiger partial charge in [0.05, 0.1) is 5.69 Å². The Kier molecular flexibility index (Phi) is 4.07. The second-order valence-electron chi connectivity index (χ2n) is 2.02. The van der Waals surface area contributed by atoms with Gasteiger partial charge in [0.25, 0.3) is 0 Å². The van der Waals surface area contributed by atoms with Crippen LogP contribution in [0.2, 0.25) is 0 Å². The van der Waals surface area contributed by atoms with Crippen LogP contribution in [0.25, 0.3) is 0 Å². The number of nitrogens with zero attached hydrogens (tertiary/aromatic N) is 2. The molecule has 1 heterocycles. The molecule has 0 bridgehead atoms. The Hall–Kier alpha value is -0.540. The van der Waals surface area contributed by atoms with E-state index in [1.165, 1.54) is 0 Å². The molecule has 0 fully saturated rings. The lowest BCUT2D eigenvalue weighted by Gasteiger charge is -1.87. The first-order valence-corrected chi connectivity index (χ1v) is 3.01. The van der Waals surface area contributed by atoms with E-state index in [1.807, 2.05) is 19.3 Å². The highest BCUT2D eigenvalue weighted by Crippen LogP contribution is 1.92. The lowest BCUT2D eigenvalue weighted by molar-refractivity contribution is 0.739. The molecular weight excluding hydrogens is 150 g/mol. The first-order valence-electron chi connectivity index (χ1n) is 3.01. The third kappa shape index (κ3) is 2.37. The van der Waals surface area contributed by atoms with Crippen molar-refractivity contribution >= 4 is 12.4 Å². The van der Waals surface area contributed by atoms with Crippen LogP contribution < -0.4 is 5.73 Å². The molecule has 0 radical (unpaired) electrons. The number of hydrogen-bond acceptors (Lipinski definition) is 2. The summed E-state index contributed by atoms with van der Waals surface area (Å²) in [6.45, 7) is 0.678. The summed E-state index contributed by atoms with van der Waals surface area (Å²) in [6.07, 6.45) is 2.80. The maximum Gasteiger partial charge on any atom is 0.0637 e. The van der Waals surface area contributed by atoms with Crippen LogP contribution in [-0.2, 0) is 13.5 Å². The summed E-state index contributed by atoms with van der Waals surface area (Å²) in [4.78, 5) is 0. The van der Waals surface area contributed by atoms with Gasteiger partial charge in [0.2, 0.25) is 0 Å². The molecule has 2 N–H and O–H groups in total. The van der Waals surface area contributed by atoms with E-state index < -0.39 is 0 Å². The van der Waals surface area contributed by atoms with Crippen molar-refractivity contribution in [3.8, 4) is 0 Å². The third-order valence-corrected chi connectivity index (χ3v) is 1.17. The smallest absolute Gasteiger partial charge is 0.0637 e. The van der Waals surface area contributed by atoms with Crippen molar-refractivity contribution in [1.29, 1.82) is 0 Å². The predicted octanol–water partition coefficient (Wildman–Crippen LogP) is 0.343. The highest BCUT2D eigenvalue weighted by Gasteiger charge is 1.91. The van der Waals surface area contributed by atoms with Gasteiger partial charge < -0.3 is 5.73 Å². The fourth-order valence-electron chi connectivity index (χ4n) is 0.744. The summed E-state index contributed by atoms with van der Waals surface area (Å²) in [5.74, 6) is 0. The molecule has 0 aliphatic rings. The molecule has 1 rings (SSSR count). The quantitative estimate of drug-likeness (QED) is 0.680. The van der Waals surface area contributed by atoms with Crippen LogP contribution in [0.5, 0.6) is 0 Å². The molecule has 0 unspecified atom stereocenters. The van der Waals surface area contributed by atoms with Gasteiger partial charge >= 0.3 is 0 Å². The molecule has 10 heavy (non-hydrogen) atoms. The standard InChI is InChI=1S/C6H11N3.ClH/c1-9-5-3-6(8-9)2-4-7;/h3,5H,2,4,7H2,1H3;1H. The average molecular weight is 162 g/mol. The fraction of sp³-hybridized carbons (Fsp3) is 0.500. The van der Waals surface area contributed by atoms with E-state index in [2.05, 4.69) is 5.10 Å². The van der Waals surface area contributed by atoms with Gasteiger partial charge in [-0.05, 0) is 12.6 Å². The molecule has 0 aliphatic carbocycles. The maximum absolute atomic E-state index is 5.32. The zero-order valence-corrected chi connectivity index (χ0v) is 6.77. The molecule has 0 atom stereocenters. The molecule has 0 saturated carbocycles. The van der Waals surface area contributed by atoms with E-state index in [0.29, 0.717) is 6.54 Å². The summed E-state index contributed by atoms with van der Waals surface area (Å²) in [6, 6.07) is 1.98. The minimum Gasteiger partial charge on any atom is -0.330 e. The van der Waals surface area contributed by atoms with Crippen LogP contribution in [0.4, 0.5) is 0 Å². The molecule has 0 aliphatic heterocycles. The van der Waals surface area contributed by atoms with Crippen LogP contribution in [0, 0.1) is 0 Å². The zero-order chi connectivity index (χ0) is 6.69. The molecule has 0 spiro atoms. The van der Waals surface area contributed by atoms with Crippen molar-refractivity contribution < 1.29 is 0 Å². The summed E-state index contributed by atoms with van der Waals surface area (Å²) in [7, 11) is 1.90. The van der Waals surface area contributed by atoms with E-state index in [0.717, 1.165) is 12.1 Å². The van der Waals surface area contributed by atoms with E-state index in [1.54, 1.807) is 4.68 Å². The number of rotatable bonds is 2. The number of nitrogens with two attached hydrogens (primary N) is 1. The van der Waals surface area contributed by atoms with Crippen LogP contribution in [-0.4, -0.2) is 16.3 Å². The summed E-state index contributed by atoms with van der Waals surface area (Å²) in [5.41, 5.74) is 6.39. The summed E-state index contributed by atoms with van der Waals surface area (Å²) >= 11 is 0. The van der Waals surface area contributed by atoms with Gasteiger partial charge in [-0.25, -0.2) is 0 Å². The molecular formula is C6H12ClN3. The third-order valence-electron chi connectivity index (χ3n) is 1.17. The van der Waals surface area contributed by atoms with Gasteiger partial charge in [0, 0.05) is 19.7 Å². The molecule has 0 aromatic carbocycles. The van der Waals surface area contributed by atoms with E-state index in [4.69, 9.17) is 5.73 Å². The number of aryl methyl sites for hydroxylation is 1. The van der Waals surface area contributed by atoms with Crippen molar-refractivity contribution in [2.24, 2.45) is 12.8 Å². The molecule has 1 aromatic heterocycles. The fourth-order valence-corrected chi connectivity index (χ4v) is 0.744. The summed E-state index contributed by atoms with van der Waals surface area (Å²) in [5, 5.41) is 4.14. The molecule has 0 saturated heterocycles. The summed E-state index contributed by atoms with van der Waals surface area (Å²) < 4.78 is 1.78. The Morgan fingerprint density at radius 3 is 2.80 bits per heavy atom. The normalized spacial score (nSPS) is 9.00. The molecule has 0 amide bonds. The van der Waals surface area contributed by atoms with Crippen LogP contribution >= 0.6 is 12.4 Å². The Bertz CT molecular complexity index is 185. The second-order valence-corrected chi connectivity index (χ2v) is 2.02. The zero-order valence-electron chi connectivity index (χ0n) is 5.95. The van der Waals surface area contributed by atoms with Gasteiger partial charge in [-0.15, -0.1) is 12.4 Å². The highest BCUT2D eigenvalue weighted by atomic mass is 35.5. The minimum absolute atomic E-state index is 0. The maximum atomic E-state index is 5.32. The second kappa shape index (κ2) is 4.30. The van der Waals surface area contributed by atoms with Crippen molar-refractivity contribution in [2.45, 2.75) is 6.42 Å². The van der Waals surface area contributed by atoms with Gasteiger partial charge in [-0.3, -0.25) is 4.68 Å². The van der Waals surface area contributed by atoms with Gasteiger partial charge in [-0.1, -0.05) is 0 Å². The van der Waals surface area contributed by atoms with E-state index >= 15 is 0 Å². The number of aromatic nitrogens is 2. The van der Waals surface area contributed by atoms with Crippen LogP contribution in [0.3, 0.4) is 0 Å². The van der Waals surface area contributed by atoms with E-state index in [9.17, 15) is 0 Å². The Balaban J connectivity index is 0.000000810. The predicted molar refractivity (Wildman–Crippen MR) is 43.2 cm³/mol. The number of halogens is 1. The van der Waals surface area contributed by atoms with Crippen molar-refractivity contribution in [1.82, 2.24) is 9.78 Å². The van der Waals surface area contributed by atoms with Crippen molar-refractivity contribution in [3.05, 3.63) is 18.0 Å². The largest absolute Gasteiger partial charge is 0.330 e. The molecule has 58 valence electrons. The van der Waals surface area contributed by atoms with Crippen LogP contribution in [0.1, 0.15) is 5.69 Å². The lowest BCUT2D eigenvalue weighted by Crippen LogP contribution is -2.03. The average Bonchev–Trinajstić information content (AvgIpc) is 2.17. The first kappa shape index (κ1) is 9.46. The molecule has 1 aromatic rings. The van der Waals surface area contributed by atoms with Crippen LogP contribution in [0.15, 0.2) is 12.3 Å².